The molecule has 7 nitrogen and oxygen atoms in total. The third-order valence-corrected chi connectivity index (χ3v) is 2.37. The van der Waals surface area contributed by atoms with Crippen molar-refractivity contribution in [3.8, 4) is 0 Å². The highest BCUT2D eigenvalue weighted by Gasteiger charge is 2.10. The molecule has 98 valence electrons. The van der Waals surface area contributed by atoms with E-state index >= 15 is 0 Å². The number of hydrogen-bond donors (Lipinski definition) is 3. The van der Waals surface area contributed by atoms with Crippen molar-refractivity contribution in [1.82, 2.24) is 5.32 Å². The normalized spacial score (nSPS) is 12.1. The van der Waals surface area contributed by atoms with Crippen LogP contribution in [0.25, 0.3) is 0 Å². The SMILES string of the molecule is NC(=O)CCNCC(O)c1ccc([N+](=O)[O-])cc1. The Balaban J connectivity index is 2.44. The van der Waals surface area contributed by atoms with E-state index in [2.05, 4.69) is 5.32 Å². The molecule has 0 spiro atoms. The van der Waals surface area contributed by atoms with E-state index in [1.165, 1.54) is 24.3 Å². The molecule has 18 heavy (non-hydrogen) atoms. The number of rotatable bonds is 7. The maximum atomic E-state index is 10.5. The first-order chi connectivity index (χ1) is 8.50. The number of amides is 1. The van der Waals surface area contributed by atoms with Crippen molar-refractivity contribution in [2.75, 3.05) is 13.1 Å². The van der Waals surface area contributed by atoms with Crippen LogP contribution in [0.2, 0.25) is 0 Å². The summed E-state index contributed by atoms with van der Waals surface area (Å²) >= 11 is 0. The van der Waals surface area contributed by atoms with Gasteiger partial charge in [-0.3, -0.25) is 14.9 Å². The second-order valence-electron chi connectivity index (χ2n) is 3.78. The van der Waals surface area contributed by atoms with Gasteiger partial charge in [-0.25, -0.2) is 0 Å². The van der Waals surface area contributed by atoms with E-state index in [1.54, 1.807) is 0 Å². The zero-order chi connectivity index (χ0) is 13.5. The number of primary amides is 1. The molecule has 0 heterocycles. The van der Waals surface area contributed by atoms with Crippen molar-refractivity contribution in [2.45, 2.75) is 12.5 Å². The minimum Gasteiger partial charge on any atom is -0.387 e. The van der Waals surface area contributed by atoms with E-state index in [1.807, 2.05) is 0 Å². The molecule has 0 bridgehead atoms. The minimum atomic E-state index is -0.779. The van der Waals surface area contributed by atoms with Crippen molar-refractivity contribution in [2.24, 2.45) is 5.73 Å². The van der Waals surface area contributed by atoms with Gasteiger partial charge in [0.25, 0.3) is 5.69 Å². The predicted octanol–water partition coefficient (Wildman–Crippen LogP) is 0.0932. The molecule has 4 N–H and O–H groups in total. The number of nitro groups is 1. The fourth-order valence-electron chi connectivity index (χ4n) is 1.39. The van der Waals surface area contributed by atoms with Crippen LogP contribution in [0.3, 0.4) is 0 Å². The second-order valence-corrected chi connectivity index (χ2v) is 3.78. The Bertz CT molecular complexity index is 419. The summed E-state index contributed by atoms with van der Waals surface area (Å²) in [7, 11) is 0. The summed E-state index contributed by atoms with van der Waals surface area (Å²) in [6.07, 6.45) is -0.578. The van der Waals surface area contributed by atoms with Crippen molar-refractivity contribution in [3.05, 3.63) is 39.9 Å². The molecule has 0 aliphatic heterocycles. The van der Waals surface area contributed by atoms with Crippen molar-refractivity contribution in [3.63, 3.8) is 0 Å². The molecule has 1 aromatic carbocycles. The highest BCUT2D eigenvalue weighted by molar-refractivity contribution is 5.73. The van der Waals surface area contributed by atoms with Crippen molar-refractivity contribution >= 4 is 11.6 Å². The van der Waals surface area contributed by atoms with E-state index in [0.29, 0.717) is 12.1 Å². The van der Waals surface area contributed by atoms with Gasteiger partial charge < -0.3 is 16.2 Å². The van der Waals surface area contributed by atoms with Gasteiger partial charge in [0.15, 0.2) is 0 Å². The van der Waals surface area contributed by atoms with Gasteiger partial charge in [-0.1, -0.05) is 0 Å². The van der Waals surface area contributed by atoms with Gasteiger partial charge in [-0.15, -0.1) is 0 Å². The van der Waals surface area contributed by atoms with Gasteiger partial charge in [0.2, 0.25) is 5.91 Å². The van der Waals surface area contributed by atoms with Crippen LogP contribution in [0.1, 0.15) is 18.1 Å². The maximum Gasteiger partial charge on any atom is 0.269 e. The molecule has 0 saturated carbocycles. The molecule has 0 radical (unpaired) electrons. The molecular weight excluding hydrogens is 238 g/mol. The lowest BCUT2D eigenvalue weighted by Gasteiger charge is -2.11. The molecule has 0 fully saturated rings. The molecule has 1 aromatic rings. The fraction of sp³-hybridized carbons (Fsp3) is 0.364. The van der Waals surface area contributed by atoms with E-state index in [0.717, 1.165) is 0 Å². The van der Waals surface area contributed by atoms with Crippen LogP contribution in [0, 0.1) is 10.1 Å². The number of aliphatic hydroxyl groups is 1. The zero-order valence-electron chi connectivity index (χ0n) is 9.70. The molecule has 0 aromatic heterocycles. The van der Waals surface area contributed by atoms with Gasteiger partial charge in [0.1, 0.15) is 0 Å². The predicted molar refractivity (Wildman–Crippen MR) is 64.7 cm³/mol. The molecule has 1 unspecified atom stereocenters. The van der Waals surface area contributed by atoms with Gasteiger partial charge in [-0.05, 0) is 17.7 Å². The topological polar surface area (TPSA) is 118 Å². The molecule has 1 atom stereocenters. The summed E-state index contributed by atoms with van der Waals surface area (Å²) in [6.45, 7) is 0.643. The summed E-state index contributed by atoms with van der Waals surface area (Å²) in [5, 5.41) is 23.1. The first kappa shape index (κ1) is 14.1. The van der Waals surface area contributed by atoms with Crippen LogP contribution in [0.4, 0.5) is 5.69 Å². The Kier molecular flexibility index (Phi) is 5.22. The summed E-state index contributed by atoms with van der Waals surface area (Å²) in [6, 6.07) is 5.67. The van der Waals surface area contributed by atoms with E-state index in [9.17, 15) is 20.0 Å². The minimum absolute atomic E-state index is 0.0207. The van der Waals surface area contributed by atoms with Crippen molar-refractivity contribution in [1.29, 1.82) is 0 Å². The number of nitrogens with zero attached hydrogens (tertiary/aromatic N) is 1. The maximum absolute atomic E-state index is 10.5. The van der Waals surface area contributed by atoms with E-state index in [4.69, 9.17) is 5.73 Å². The first-order valence-electron chi connectivity index (χ1n) is 5.42. The molecule has 1 amide bonds. The Morgan fingerprint density at radius 3 is 2.56 bits per heavy atom. The number of hydrogen-bond acceptors (Lipinski definition) is 5. The average molecular weight is 253 g/mol. The highest BCUT2D eigenvalue weighted by atomic mass is 16.6. The number of nitrogens with one attached hydrogen (secondary N) is 1. The molecule has 7 heteroatoms. The lowest BCUT2D eigenvalue weighted by Crippen LogP contribution is -2.26. The molecule has 0 saturated heterocycles. The Morgan fingerprint density at radius 1 is 1.44 bits per heavy atom. The Hall–Kier alpha value is -1.99. The number of benzene rings is 1. The van der Waals surface area contributed by atoms with Crippen LogP contribution in [-0.4, -0.2) is 29.0 Å². The lowest BCUT2D eigenvalue weighted by molar-refractivity contribution is -0.384. The van der Waals surface area contributed by atoms with Crippen LogP contribution in [-0.2, 0) is 4.79 Å². The number of nitrogens with two attached hydrogens (primary N) is 1. The lowest BCUT2D eigenvalue weighted by atomic mass is 10.1. The standard InChI is InChI=1S/C11H15N3O4/c12-11(16)5-6-13-7-10(15)8-1-3-9(4-2-8)14(17)18/h1-4,10,13,15H,5-7H2,(H2,12,16). The van der Waals surface area contributed by atoms with Gasteiger partial charge in [0.05, 0.1) is 11.0 Å². The van der Waals surface area contributed by atoms with E-state index < -0.39 is 16.9 Å². The third-order valence-electron chi connectivity index (χ3n) is 2.37. The van der Waals surface area contributed by atoms with Crippen LogP contribution in [0.5, 0.6) is 0 Å². The number of nitro benzene ring substituents is 1. The van der Waals surface area contributed by atoms with Crippen LogP contribution < -0.4 is 11.1 Å². The van der Waals surface area contributed by atoms with Crippen LogP contribution in [0.15, 0.2) is 24.3 Å². The molecular formula is C11H15N3O4. The average Bonchev–Trinajstić information content (AvgIpc) is 2.34. The summed E-state index contributed by atoms with van der Waals surface area (Å²) in [5.41, 5.74) is 5.52. The quantitative estimate of drug-likeness (QED) is 0.361. The molecule has 0 aliphatic carbocycles. The Labute approximate surface area is 104 Å². The highest BCUT2D eigenvalue weighted by Crippen LogP contribution is 2.17. The largest absolute Gasteiger partial charge is 0.387 e. The smallest absolute Gasteiger partial charge is 0.269 e. The number of non-ortho nitro benzene ring substituents is 1. The van der Waals surface area contributed by atoms with E-state index in [-0.39, 0.29) is 18.7 Å². The summed E-state index contributed by atoms with van der Waals surface area (Å²) in [5.74, 6) is -0.410. The number of carbonyl (C=O) groups excluding carboxylic acids is 1. The van der Waals surface area contributed by atoms with Crippen LogP contribution >= 0.6 is 0 Å². The van der Waals surface area contributed by atoms with Gasteiger partial charge >= 0.3 is 0 Å². The zero-order valence-corrected chi connectivity index (χ0v) is 9.70. The number of carbonyl (C=O) groups is 1. The van der Waals surface area contributed by atoms with Gasteiger partial charge in [-0.2, -0.15) is 0 Å². The Morgan fingerprint density at radius 2 is 2.06 bits per heavy atom. The fourth-order valence-corrected chi connectivity index (χ4v) is 1.39. The molecule has 1 rings (SSSR count). The second kappa shape index (κ2) is 6.67. The summed E-state index contributed by atoms with van der Waals surface area (Å²) in [4.78, 5) is 20.4. The van der Waals surface area contributed by atoms with Gasteiger partial charge in [0, 0.05) is 31.6 Å². The molecule has 0 aliphatic rings. The monoisotopic (exact) mass is 253 g/mol. The first-order valence-corrected chi connectivity index (χ1v) is 5.42. The number of aliphatic hydroxyl groups excluding tert-OH is 1. The van der Waals surface area contributed by atoms with Crippen molar-refractivity contribution < 1.29 is 14.8 Å². The summed E-state index contributed by atoms with van der Waals surface area (Å²) < 4.78 is 0. The third kappa shape index (κ3) is 4.48.